The molecule has 8 atom stereocenters. The predicted molar refractivity (Wildman–Crippen MR) is 122 cm³/mol. The highest BCUT2D eigenvalue weighted by atomic mass is 16.5. The second-order valence-corrected chi connectivity index (χ2v) is 11.5. The van der Waals surface area contributed by atoms with Crippen molar-refractivity contribution < 1.29 is 19.4 Å². The number of ketones is 1. The molecule has 0 aliphatic heterocycles. The molecule has 0 bridgehead atoms. The SMILES string of the molecule is C[C@]12CCC(=O)C[C@@H]1C[C@@H](c1ccc(OCC(N)=O)cc1)[C@@H]1[C@@H]2CC[C@]2(C)[C@@H](O)CC[C@@H]12. The lowest BCUT2D eigenvalue weighted by Gasteiger charge is -2.62. The van der Waals surface area contributed by atoms with Crippen molar-refractivity contribution in [2.75, 3.05) is 6.61 Å². The number of nitrogens with two attached hydrogens (primary N) is 1. The molecule has 0 saturated heterocycles. The molecular weight excluding hydrogens is 402 g/mol. The van der Waals surface area contributed by atoms with Crippen molar-refractivity contribution in [3.63, 3.8) is 0 Å². The van der Waals surface area contributed by atoms with Gasteiger partial charge in [-0.05, 0) is 96.6 Å². The molecule has 0 radical (unpaired) electrons. The minimum Gasteiger partial charge on any atom is -0.484 e. The van der Waals surface area contributed by atoms with Crippen LogP contribution in [-0.2, 0) is 9.59 Å². The van der Waals surface area contributed by atoms with Crippen LogP contribution in [0.4, 0.5) is 0 Å². The first-order valence-corrected chi connectivity index (χ1v) is 12.4. The summed E-state index contributed by atoms with van der Waals surface area (Å²) in [5.74, 6) is 3.11. The van der Waals surface area contributed by atoms with Gasteiger partial charge in [0.05, 0.1) is 6.10 Å². The van der Waals surface area contributed by atoms with Crippen molar-refractivity contribution in [3.8, 4) is 5.75 Å². The average molecular weight is 440 g/mol. The number of fused-ring (bicyclic) bond motifs is 5. The largest absolute Gasteiger partial charge is 0.484 e. The Balaban J connectivity index is 1.50. The van der Waals surface area contributed by atoms with Gasteiger partial charge in [0.2, 0.25) is 0 Å². The number of rotatable bonds is 4. The van der Waals surface area contributed by atoms with Gasteiger partial charge in [0.25, 0.3) is 5.91 Å². The molecule has 4 saturated carbocycles. The summed E-state index contributed by atoms with van der Waals surface area (Å²) >= 11 is 0. The first-order chi connectivity index (χ1) is 15.2. The standard InChI is InChI=1S/C27H37NO4/c1-26-11-9-18(29)13-17(26)14-20(16-3-5-19(6-4-16)32-15-24(28)31)25-21-7-8-23(30)27(21,2)12-10-22(25)26/h3-6,17,20-23,25,30H,7-15H2,1-2H3,(H2,28,31)/t17-,20+,21+,22+,23+,25+,26+,27+/m1/s1. The molecule has 4 fully saturated rings. The van der Waals surface area contributed by atoms with E-state index in [1.54, 1.807) is 0 Å². The molecule has 0 aromatic heterocycles. The second kappa shape index (κ2) is 7.86. The number of carbonyl (C=O) groups excluding carboxylic acids is 2. The maximum Gasteiger partial charge on any atom is 0.255 e. The van der Waals surface area contributed by atoms with Crippen LogP contribution in [0.1, 0.15) is 76.7 Å². The van der Waals surface area contributed by atoms with Crippen LogP contribution in [0.5, 0.6) is 5.75 Å². The number of benzene rings is 1. The van der Waals surface area contributed by atoms with Gasteiger partial charge in [-0.1, -0.05) is 26.0 Å². The number of primary amides is 1. The number of carbonyl (C=O) groups is 2. The minimum absolute atomic E-state index is 0.0115. The number of aliphatic hydroxyl groups excluding tert-OH is 1. The minimum atomic E-state index is -0.480. The Hall–Kier alpha value is -1.88. The molecule has 174 valence electrons. The van der Waals surface area contributed by atoms with Gasteiger partial charge < -0.3 is 15.6 Å². The van der Waals surface area contributed by atoms with Crippen molar-refractivity contribution in [3.05, 3.63) is 29.8 Å². The topological polar surface area (TPSA) is 89.6 Å². The summed E-state index contributed by atoms with van der Waals surface area (Å²) in [5.41, 5.74) is 6.75. The Bertz CT molecular complexity index is 897. The van der Waals surface area contributed by atoms with Crippen LogP contribution in [0, 0.1) is 34.5 Å². The van der Waals surface area contributed by atoms with Gasteiger partial charge in [-0.25, -0.2) is 0 Å². The molecule has 1 amide bonds. The predicted octanol–water partition coefficient (Wildman–Crippen LogP) is 4.22. The van der Waals surface area contributed by atoms with Crippen molar-refractivity contribution in [1.82, 2.24) is 0 Å². The Kier molecular flexibility index (Phi) is 5.39. The highest BCUT2D eigenvalue weighted by Crippen LogP contribution is 2.68. The van der Waals surface area contributed by atoms with E-state index in [1.807, 2.05) is 12.1 Å². The van der Waals surface area contributed by atoms with Crippen LogP contribution >= 0.6 is 0 Å². The Morgan fingerprint density at radius 2 is 1.81 bits per heavy atom. The fraction of sp³-hybridized carbons (Fsp3) is 0.704. The van der Waals surface area contributed by atoms with E-state index >= 15 is 0 Å². The molecule has 1 aromatic rings. The lowest BCUT2D eigenvalue weighted by molar-refractivity contribution is -0.146. The quantitative estimate of drug-likeness (QED) is 0.735. The molecule has 1 aromatic carbocycles. The Morgan fingerprint density at radius 1 is 1.09 bits per heavy atom. The molecule has 3 N–H and O–H groups in total. The normalized spacial score (nSPS) is 43.2. The fourth-order valence-electron chi connectivity index (χ4n) is 8.35. The third-order valence-electron chi connectivity index (χ3n) is 10.2. The summed E-state index contributed by atoms with van der Waals surface area (Å²) in [5, 5.41) is 10.9. The molecule has 32 heavy (non-hydrogen) atoms. The maximum atomic E-state index is 12.4. The van der Waals surface area contributed by atoms with E-state index in [0.29, 0.717) is 41.1 Å². The first-order valence-electron chi connectivity index (χ1n) is 12.4. The summed E-state index contributed by atoms with van der Waals surface area (Å²) in [6.07, 6.45) is 7.61. The monoisotopic (exact) mass is 439 g/mol. The number of ether oxygens (including phenoxy) is 1. The maximum absolute atomic E-state index is 12.4. The highest BCUT2D eigenvalue weighted by molar-refractivity contribution is 5.79. The van der Waals surface area contributed by atoms with Crippen molar-refractivity contribution in [1.29, 1.82) is 0 Å². The zero-order valence-electron chi connectivity index (χ0n) is 19.4. The highest BCUT2D eigenvalue weighted by Gasteiger charge is 2.62. The molecule has 5 rings (SSSR count). The zero-order chi connectivity index (χ0) is 22.7. The van der Waals surface area contributed by atoms with Gasteiger partial charge in [-0.15, -0.1) is 0 Å². The molecule has 0 heterocycles. The second-order valence-electron chi connectivity index (χ2n) is 11.5. The van der Waals surface area contributed by atoms with Crippen molar-refractivity contribution >= 4 is 11.7 Å². The van der Waals surface area contributed by atoms with Crippen LogP contribution in [0.25, 0.3) is 0 Å². The van der Waals surface area contributed by atoms with E-state index in [0.717, 1.165) is 51.4 Å². The number of aliphatic hydroxyl groups is 1. The van der Waals surface area contributed by atoms with Crippen molar-refractivity contribution in [2.24, 2.45) is 40.2 Å². The summed E-state index contributed by atoms with van der Waals surface area (Å²) in [4.78, 5) is 23.5. The third kappa shape index (κ3) is 3.39. The Labute approximate surface area is 191 Å². The molecule has 4 aliphatic rings. The first kappa shape index (κ1) is 21.9. The summed E-state index contributed by atoms with van der Waals surface area (Å²) in [6, 6.07) is 8.17. The Morgan fingerprint density at radius 3 is 2.53 bits per heavy atom. The van der Waals surface area contributed by atoms with E-state index in [2.05, 4.69) is 26.0 Å². The summed E-state index contributed by atoms with van der Waals surface area (Å²) < 4.78 is 5.48. The smallest absolute Gasteiger partial charge is 0.255 e. The van der Waals surface area contributed by atoms with Crippen LogP contribution in [0.2, 0.25) is 0 Å². The number of hydrogen-bond donors (Lipinski definition) is 2. The summed E-state index contributed by atoms with van der Waals surface area (Å²) in [7, 11) is 0. The lowest BCUT2D eigenvalue weighted by atomic mass is 9.42. The lowest BCUT2D eigenvalue weighted by Crippen LogP contribution is -2.56. The molecular formula is C27H37NO4. The third-order valence-corrected chi connectivity index (χ3v) is 10.2. The van der Waals surface area contributed by atoms with Gasteiger partial charge in [-0.3, -0.25) is 9.59 Å². The van der Waals surface area contributed by atoms with Crippen LogP contribution < -0.4 is 10.5 Å². The molecule has 0 spiro atoms. The molecule has 4 aliphatic carbocycles. The van der Waals surface area contributed by atoms with Gasteiger partial charge in [0.15, 0.2) is 6.61 Å². The summed E-state index contributed by atoms with van der Waals surface area (Å²) in [6.45, 7) is 4.67. The number of Topliss-reactive ketones (excluding diaryl/α,β-unsaturated/α-hetero) is 1. The van der Waals surface area contributed by atoms with Crippen molar-refractivity contribution in [2.45, 2.75) is 77.2 Å². The van der Waals surface area contributed by atoms with E-state index in [-0.39, 0.29) is 23.5 Å². The van der Waals surface area contributed by atoms with Gasteiger partial charge >= 0.3 is 0 Å². The fourth-order valence-corrected chi connectivity index (χ4v) is 8.35. The van der Waals surface area contributed by atoms with E-state index < -0.39 is 5.91 Å². The molecule has 5 heteroatoms. The van der Waals surface area contributed by atoms with E-state index in [1.165, 1.54) is 5.56 Å². The van der Waals surface area contributed by atoms with Gasteiger partial charge in [-0.2, -0.15) is 0 Å². The van der Waals surface area contributed by atoms with Gasteiger partial charge in [0.1, 0.15) is 11.5 Å². The molecule has 5 nitrogen and oxygen atoms in total. The van der Waals surface area contributed by atoms with E-state index in [9.17, 15) is 14.7 Å². The molecule has 0 unspecified atom stereocenters. The van der Waals surface area contributed by atoms with Crippen LogP contribution in [0.15, 0.2) is 24.3 Å². The average Bonchev–Trinajstić information content (AvgIpc) is 3.07. The van der Waals surface area contributed by atoms with Gasteiger partial charge in [0, 0.05) is 12.8 Å². The number of hydrogen-bond acceptors (Lipinski definition) is 4. The van der Waals surface area contributed by atoms with Crippen LogP contribution in [0.3, 0.4) is 0 Å². The van der Waals surface area contributed by atoms with Crippen LogP contribution in [-0.4, -0.2) is 29.5 Å². The number of amides is 1. The zero-order valence-corrected chi connectivity index (χ0v) is 19.4. The van der Waals surface area contributed by atoms with E-state index in [4.69, 9.17) is 10.5 Å².